The van der Waals surface area contributed by atoms with Gasteiger partial charge in [0.25, 0.3) is 11.8 Å². The zero-order chi connectivity index (χ0) is 24.4. The second kappa shape index (κ2) is 9.62. The first-order valence-electron chi connectivity index (χ1n) is 10.4. The fraction of sp³-hybridized carbons (Fsp3) is 0.120. The largest absolute Gasteiger partial charge is 0.478 e. The van der Waals surface area contributed by atoms with Gasteiger partial charge in [0.2, 0.25) is 0 Å². The van der Waals surface area contributed by atoms with Gasteiger partial charge in [-0.1, -0.05) is 36.7 Å². The van der Waals surface area contributed by atoms with E-state index in [1.807, 2.05) is 13.0 Å². The molecule has 1 fully saturated rings. The van der Waals surface area contributed by atoms with Crippen molar-refractivity contribution < 1.29 is 23.9 Å². The van der Waals surface area contributed by atoms with E-state index in [2.05, 4.69) is 0 Å². The van der Waals surface area contributed by atoms with Gasteiger partial charge < -0.3 is 9.52 Å². The number of carbonyl (C=O) groups is 3. The summed E-state index contributed by atoms with van der Waals surface area (Å²) in [6.45, 7) is 2.27. The van der Waals surface area contributed by atoms with Gasteiger partial charge >= 0.3 is 5.97 Å². The zero-order valence-electron chi connectivity index (χ0n) is 18.0. The highest BCUT2D eigenvalue weighted by Crippen LogP contribution is 2.30. The van der Waals surface area contributed by atoms with E-state index in [4.69, 9.17) is 28.2 Å². The number of furan rings is 1. The minimum atomic E-state index is -1.16. The van der Waals surface area contributed by atoms with Crippen molar-refractivity contribution in [1.82, 2.24) is 4.90 Å². The Morgan fingerprint density at radius 3 is 2.50 bits per heavy atom. The molecule has 0 bridgehead atoms. The maximum absolute atomic E-state index is 13.3. The number of hydrogen-bond acceptors (Lipinski definition) is 5. The molecule has 2 heterocycles. The number of benzene rings is 2. The molecule has 2 aromatic carbocycles. The molecule has 1 aliphatic heterocycles. The van der Waals surface area contributed by atoms with Gasteiger partial charge in [0, 0.05) is 12.1 Å². The van der Waals surface area contributed by atoms with Gasteiger partial charge in [0.05, 0.1) is 16.3 Å². The lowest BCUT2D eigenvalue weighted by Crippen LogP contribution is -2.56. The summed E-state index contributed by atoms with van der Waals surface area (Å²) in [5.41, 5.74) is 0.899. The maximum Gasteiger partial charge on any atom is 0.337 e. The second-order valence-corrected chi connectivity index (χ2v) is 8.25. The Morgan fingerprint density at radius 1 is 1.09 bits per heavy atom. The third-order valence-corrected chi connectivity index (χ3v) is 5.92. The number of carboxylic acids is 1. The topological polar surface area (TPSA) is 91.1 Å². The number of hydrogen-bond donors (Lipinski definition) is 1. The minimum Gasteiger partial charge on any atom is -0.478 e. The summed E-state index contributed by atoms with van der Waals surface area (Å²) in [6, 6.07) is 16.6. The molecular formula is C25H19ClN2O5S. The Bertz CT molecular complexity index is 1330. The highest BCUT2D eigenvalue weighted by atomic mass is 35.5. The van der Waals surface area contributed by atoms with E-state index in [-0.39, 0.29) is 27.0 Å². The van der Waals surface area contributed by atoms with Gasteiger partial charge in [-0.25, -0.2) is 4.79 Å². The normalized spacial score (nSPS) is 15.4. The van der Waals surface area contributed by atoms with Gasteiger partial charge in [0.15, 0.2) is 5.11 Å². The first-order chi connectivity index (χ1) is 16.3. The van der Waals surface area contributed by atoms with E-state index >= 15 is 0 Å². The van der Waals surface area contributed by atoms with E-state index in [9.17, 15) is 19.5 Å². The van der Waals surface area contributed by atoms with Crippen molar-refractivity contribution in [1.29, 1.82) is 0 Å². The highest BCUT2D eigenvalue weighted by Gasteiger charge is 2.40. The Balaban J connectivity index is 1.73. The fourth-order valence-electron chi connectivity index (χ4n) is 3.57. The van der Waals surface area contributed by atoms with E-state index in [1.54, 1.807) is 42.5 Å². The van der Waals surface area contributed by atoms with Crippen LogP contribution in [-0.2, 0) is 9.59 Å². The molecule has 172 valence electrons. The fourth-order valence-corrected chi connectivity index (χ4v) is 4.13. The van der Waals surface area contributed by atoms with Crippen LogP contribution in [-0.4, -0.2) is 39.4 Å². The van der Waals surface area contributed by atoms with Crippen molar-refractivity contribution in [2.45, 2.75) is 13.3 Å². The predicted octanol–water partition coefficient (Wildman–Crippen LogP) is 5.25. The van der Waals surface area contributed by atoms with Crippen LogP contribution in [0.1, 0.15) is 29.5 Å². The SMILES string of the molecule is CCCN1C(=O)C(=Cc2ccc(-c3ccc(Cl)c(C(=O)O)c3)o2)C(=O)N(c2ccccc2)C1=S. The van der Waals surface area contributed by atoms with Gasteiger partial charge in [-0.2, -0.15) is 0 Å². The zero-order valence-corrected chi connectivity index (χ0v) is 19.6. The Morgan fingerprint density at radius 2 is 1.82 bits per heavy atom. The summed E-state index contributed by atoms with van der Waals surface area (Å²) in [7, 11) is 0. The monoisotopic (exact) mass is 494 g/mol. The molecule has 4 rings (SSSR count). The molecule has 0 atom stereocenters. The van der Waals surface area contributed by atoms with Crippen LogP contribution < -0.4 is 4.90 Å². The van der Waals surface area contributed by atoms with Crippen molar-refractivity contribution in [3.63, 3.8) is 0 Å². The Labute approximate surface area is 205 Å². The molecular weight excluding hydrogens is 476 g/mol. The third kappa shape index (κ3) is 4.37. The lowest BCUT2D eigenvalue weighted by molar-refractivity contribution is -0.127. The maximum atomic E-state index is 13.3. The molecule has 0 radical (unpaired) electrons. The summed E-state index contributed by atoms with van der Waals surface area (Å²) >= 11 is 11.4. The Hall–Kier alpha value is -3.75. The molecule has 2 amide bonds. The van der Waals surface area contributed by atoms with Crippen LogP contribution in [0.3, 0.4) is 0 Å². The number of para-hydroxylation sites is 1. The predicted molar refractivity (Wildman–Crippen MR) is 133 cm³/mol. The molecule has 0 saturated carbocycles. The molecule has 34 heavy (non-hydrogen) atoms. The molecule has 0 unspecified atom stereocenters. The molecule has 1 aliphatic rings. The van der Waals surface area contributed by atoms with Crippen molar-refractivity contribution >= 4 is 58.5 Å². The summed E-state index contributed by atoms with van der Waals surface area (Å²) in [5.74, 6) is -1.58. The van der Waals surface area contributed by atoms with E-state index in [1.165, 1.54) is 28.0 Å². The van der Waals surface area contributed by atoms with Crippen LogP contribution >= 0.6 is 23.8 Å². The third-order valence-electron chi connectivity index (χ3n) is 5.19. The van der Waals surface area contributed by atoms with Gasteiger partial charge in [-0.3, -0.25) is 19.4 Å². The number of halogens is 1. The summed E-state index contributed by atoms with van der Waals surface area (Å²) < 4.78 is 5.82. The van der Waals surface area contributed by atoms with Crippen molar-refractivity contribution in [2.75, 3.05) is 11.4 Å². The second-order valence-electron chi connectivity index (χ2n) is 7.48. The molecule has 1 N–H and O–H groups in total. The number of thiocarbonyl (C=S) groups is 1. The summed E-state index contributed by atoms with van der Waals surface area (Å²) in [4.78, 5) is 40.6. The molecule has 0 spiro atoms. The number of nitrogens with zero attached hydrogens (tertiary/aromatic N) is 2. The molecule has 9 heteroatoms. The minimum absolute atomic E-state index is 0.0599. The summed E-state index contributed by atoms with van der Waals surface area (Å²) in [5, 5.41) is 9.54. The first-order valence-corrected chi connectivity index (χ1v) is 11.2. The van der Waals surface area contributed by atoms with Crippen LogP contribution in [0.2, 0.25) is 5.02 Å². The van der Waals surface area contributed by atoms with Crippen LogP contribution in [0.15, 0.2) is 70.7 Å². The average Bonchev–Trinajstić information content (AvgIpc) is 3.29. The molecule has 0 aliphatic carbocycles. The average molecular weight is 495 g/mol. The van der Waals surface area contributed by atoms with Gasteiger partial charge in [0.1, 0.15) is 17.1 Å². The van der Waals surface area contributed by atoms with Crippen LogP contribution in [0.25, 0.3) is 17.4 Å². The number of anilines is 1. The van der Waals surface area contributed by atoms with Gasteiger partial charge in [-0.15, -0.1) is 0 Å². The number of aromatic carboxylic acids is 1. The van der Waals surface area contributed by atoms with E-state index < -0.39 is 17.8 Å². The van der Waals surface area contributed by atoms with E-state index in [0.717, 1.165) is 0 Å². The van der Waals surface area contributed by atoms with Crippen LogP contribution in [0, 0.1) is 0 Å². The number of rotatable bonds is 6. The van der Waals surface area contributed by atoms with E-state index in [0.29, 0.717) is 30.0 Å². The summed E-state index contributed by atoms with van der Waals surface area (Å²) in [6.07, 6.45) is 2.03. The first kappa shape index (κ1) is 23.4. The molecule has 1 saturated heterocycles. The molecule has 1 aromatic heterocycles. The smallest absolute Gasteiger partial charge is 0.337 e. The van der Waals surface area contributed by atoms with Crippen molar-refractivity contribution in [2.24, 2.45) is 0 Å². The number of carboxylic acid groups (broad SMARTS) is 1. The van der Waals surface area contributed by atoms with Crippen LogP contribution in [0.5, 0.6) is 0 Å². The molecule has 3 aromatic rings. The van der Waals surface area contributed by atoms with Crippen molar-refractivity contribution in [3.8, 4) is 11.3 Å². The molecule has 7 nitrogen and oxygen atoms in total. The van der Waals surface area contributed by atoms with Crippen molar-refractivity contribution in [3.05, 3.63) is 82.6 Å². The number of carbonyl (C=O) groups excluding carboxylic acids is 2. The van der Waals surface area contributed by atoms with Gasteiger partial charge in [-0.05, 0) is 67.2 Å². The number of amides is 2. The standard InChI is InChI=1S/C25H19ClN2O5S/c1-2-12-27-22(29)19(23(30)28(25(27)34)16-6-4-3-5-7-16)14-17-9-11-21(33-17)15-8-10-20(26)18(13-15)24(31)32/h3-11,13-14H,2,12H2,1H3,(H,31,32). The highest BCUT2D eigenvalue weighted by molar-refractivity contribution is 7.80. The lowest BCUT2D eigenvalue weighted by atomic mass is 10.1. The Kier molecular flexibility index (Phi) is 6.63. The lowest BCUT2D eigenvalue weighted by Gasteiger charge is -2.36. The quantitative estimate of drug-likeness (QED) is 0.286. The van der Waals surface area contributed by atoms with Crippen LogP contribution in [0.4, 0.5) is 5.69 Å².